The molecule has 138 valence electrons. The van der Waals surface area contributed by atoms with Crippen molar-refractivity contribution in [1.29, 1.82) is 0 Å². The summed E-state index contributed by atoms with van der Waals surface area (Å²) in [5.74, 6) is 3.41. The lowest BCUT2D eigenvalue weighted by atomic mass is 10.0. The van der Waals surface area contributed by atoms with Crippen molar-refractivity contribution >= 4 is 29.1 Å². The van der Waals surface area contributed by atoms with Crippen LogP contribution in [-0.4, -0.2) is 28.9 Å². The van der Waals surface area contributed by atoms with E-state index in [-0.39, 0.29) is 0 Å². The molecule has 1 aromatic carbocycles. The minimum absolute atomic E-state index is 0.302. The van der Waals surface area contributed by atoms with Crippen molar-refractivity contribution < 1.29 is 0 Å². The Labute approximate surface area is 164 Å². The summed E-state index contributed by atoms with van der Waals surface area (Å²) in [5, 5.41) is 4.14. The third-order valence-electron chi connectivity index (χ3n) is 5.55. The van der Waals surface area contributed by atoms with Gasteiger partial charge in [-0.1, -0.05) is 23.7 Å². The van der Waals surface area contributed by atoms with Crippen molar-refractivity contribution in [3.63, 3.8) is 0 Å². The fraction of sp³-hybridized carbons (Fsp3) is 0.381. The van der Waals surface area contributed by atoms with Crippen LogP contribution in [-0.2, 0) is 0 Å². The molecule has 2 aromatic rings. The Bertz CT molecular complexity index is 918. The molecule has 5 nitrogen and oxygen atoms in total. The SMILES string of the molecule is Clc1cccc(C2CCCN2c2cc(NC3=NCC(C4CC4)=C3)ncn2)c1. The van der Waals surface area contributed by atoms with Gasteiger partial charge in [-0.05, 0) is 60.9 Å². The predicted octanol–water partition coefficient (Wildman–Crippen LogP) is 4.63. The Kier molecular flexibility index (Phi) is 4.32. The van der Waals surface area contributed by atoms with Gasteiger partial charge in [0.1, 0.15) is 23.8 Å². The summed E-state index contributed by atoms with van der Waals surface area (Å²) in [6, 6.07) is 10.5. The number of hydrogen-bond acceptors (Lipinski definition) is 5. The van der Waals surface area contributed by atoms with Crippen LogP contribution in [0.5, 0.6) is 0 Å². The van der Waals surface area contributed by atoms with Crippen molar-refractivity contribution in [2.24, 2.45) is 10.9 Å². The van der Waals surface area contributed by atoms with Crippen LogP contribution in [0.4, 0.5) is 11.6 Å². The summed E-state index contributed by atoms with van der Waals surface area (Å²) >= 11 is 6.20. The number of amidine groups is 1. The number of benzene rings is 1. The average Bonchev–Trinajstić information content (AvgIpc) is 3.22. The van der Waals surface area contributed by atoms with Gasteiger partial charge in [-0.25, -0.2) is 9.97 Å². The van der Waals surface area contributed by atoms with Gasteiger partial charge in [0.15, 0.2) is 0 Å². The highest BCUT2D eigenvalue weighted by Gasteiger charge is 2.29. The highest BCUT2D eigenvalue weighted by Crippen LogP contribution is 2.38. The zero-order valence-corrected chi connectivity index (χ0v) is 15.9. The molecule has 0 bridgehead atoms. The van der Waals surface area contributed by atoms with Gasteiger partial charge in [0.05, 0.1) is 12.6 Å². The number of nitrogens with one attached hydrogen (secondary N) is 1. The predicted molar refractivity (Wildman–Crippen MR) is 110 cm³/mol. The Morgan fingerprint density at radius 3 is 2.89 bits per heavy atom. The van der Waals surface area contributed by atoms with Crippen LogP contribution in [0.1, 0.15) is 37.3 Å². The van der Waals surface area contributed by atoms with E-state index in [0.29, 0.717) is 6.04 Å². The molecule has 2 aliphatic heterocycles. The van der Waals surface area contributed by atoms with Gasteiger partial charge in [-0.2, -0.15) is 0 Å². The second-order valence-corrected chi connectivity index (χ2v) is 7.92. The Morgan fingerprint density at radius 1 is 1.11 bits per heavy atom. The maximum Gasteiger partial charge on any atom is 0.137 e. The monoisotopic (exact) mass is 379 g/mol. The van der Waals surface area contributed by atoms with Crippen LogP contribution in [0.2, 0.25) is 5.02 Å². The summed E-state index contributed by atoms with van der Waals surface area (Å²) in [6.07, 6.45) is 8.69. The van der Waals surface area contributed by atoms with Gasteiger partial charge in [-0.15, -0.1) is 0 Å². The zero-order chi connectivity index (χ0) is 18.2. The van der Waals surface area contributed by atoms with E-state index in [1.807, 2.05) is 18.2 Å². The molecule has 1 atom stereocenters. The number of aliphatic imine (C=N–C) groups is 1. The first kappa shape index (κ1) is 16.8. The van der Waals surface area contributed by atoms with Crippen LogP contribution in [0.15, 0.2) is 53.3 Å². The Morgan fingerprint density at radius 2 is 2.04 bits per heavy atom. The number of rotatable bonds is 4. The molecular weight excluding hydrogens is 358 g/mol. The van der Waals surface area contributed by atoms with Crippen molar-refractivity contribution in [2.45, 2.75) is 31.7 Å². The fourth-order valence-electron chi connectivity index (χ4n) is 4.03. The van der Waals surface area contributed by atoms with E-state index in [9.17, 15) is 0 Å². The summed E-state index contributed by atoms with van der Waals surface area (Å²) in [7, 11) is 0. The lowest BCUT2D eigenvalue weighted by molar-refractivity contribution is 0.711. The van der Waals surface area contributed by atoms with Crippen LogP contribution in [0.25, 0.3) is 0 Å². The number of aromatic nitrogens is 2. The molecule has 5 rings (SSSR count). The lowest BCUT2D eigenvalue weighted by Crippen LogP contribution is -2.24. The van der Waals surface area contributed by atoms with Crippen LogP contribution in [0, 0.1) is 5.92 Å². The third-order valence-corrected chi connectivity index (χ3v) is 5.78. The summed E-state index contributed by atoms with van der Waals surface area (Å²) in [5.41, 5.74) is 2.69. The molecule has 1 unspecified atom stereocenters. The van der Waals surface area contributed by atoms with Crippen molar-refractivity contribution in [1.82, 2.24) is 9.97 Å². The first-order chi connectivity index (χ1) is 13.3. The molecule has 0 radical (unpaired) electrons. The molecule has 0 spiro atoms. The topological polar surface area (TPSA) is 53.4 Å². The summed E-state index contributed by atoms with van der Waals surface area (Å²) < 4.78 is 0. The second kappa shape index (κ2) is 6.97. The highest BCUT2D eigenvalue weighted by atomic mass is 35.5. The van der Waals surface area contributed by atoms with Crippen LogP contribution < -0.4 is 10.2 Å². The van der Waals surface area contributed by atoms with E-state index in [2.05, 4.69) is 43.4 Å². The fourth-order valence-corrected chi connectivity index (χ4v) is 4.22. The molecule has 6 heteroatoms. The minimum Gasteiger partial charge on any atom is -0.349 e. The maximum atomic E-state index is 6.20. The highest BCUT2D eigenvalue weighted by molar-refractivity contribution is 6.30. The van der Waals surface area contributed by atoms with E-state index in [1.165, 1.54) is 24.0 Å². The van der Waals surface area contributed by atoms with Gasteiger partial charge in [0.25, 0.3) is 0 Å². The smallest absolute Gasteiger partial charge is 0.137 e. The third kappa shape index (κ3) is 3.56. The quantitative estimate of drug-likeness (QED) is 0.841. The first-order valence-corrected chi connectivity index (χ1v) is 10.0. The van der Waals surface area contributed by atoms with E-state index >= 15 is 0 Å². The normalized spacial score (nSPS) is 22.0. The van der Waals surface area contributed by atoms with Gasteiger partial charge >= 0.3 is 0 Å². The van der Waals surface area contributed by atoms with Gasteiger partial charge in [0, 0.05) is 17.6 Å². The molecule has 1 saturated carbocycles. The number of halogens is 1. The van der Waals surface area contributed by atoms with E-state index in [4.69, 9.17) is 11.6 Å². The molecular formula is C21H22ClN5. The lowest BCUT2D eigenvalue weighted by Gasteiger charge is -2.26. The Hall–Kier alpha value is -2.40. The summed E-state index contributed by atoms with van der Waals surface area (Å²) in [4.78, 5) is 15.9. The zero-order valence-electron chi connectivity index (χ0n) is 15.1. The number of anilines is 2. The van der Waals surface area contributed by atoms with Crippen molar-refractivity contribution in [2.75, 3.05) is 23.3 Å². The molecule has 0 amide bonds. The number of nitrogens with zero attached hydrogens (tertiary/aromatic N) is 4. The minimum atomic E-state index is 0.302. The first-order valence-electron chi connectivity index (χ1n) is 9.62. The van der Waals surface area contributed by atoms with Gasteiger partial charge < -0.3 is 10.2 Å². The molecule has 27 heavy (non-hydrogen) atoms. The Balaban J connectivity index is 1.35. The van der Waals surface area contributed by atoms with E-state index in [1.54, 1.807) is 6.33 Å². The molecule has 3 heterocycles. The summed E-state index contributed by atoms with van der Waals surface area (Å²) in [6.45, 7) is 1.81. The molecule has 1 saturated heterocycles. The van der Waals surface area contributed by atoms with Gasteiger partial charge in [0.2, 0.25) is 0 Å². The number of hydrogen-bond donors (Lipinski definition) is 1. The van der Waals surface area contributed by atoms with Crippen LogP contribution >= 0.6 is 11.6 Å². The standard InChI is InChI=1S/C21H22ClN5/c22-17-4-1-3-15(9-17)18-5-2-8-27(18)21-11-20(24-13-25-21)26-19-10-16(12-23-19)14-6-7-14/h1,3-4,9-11,13-14,18H,2,5-8,12H2,(H,23,24,25,26). The van der Waals surface area contributed by atoms with Gasteiger partial charge in [-0.3, -0.25) is 4.99 Å². The van der Waals surface area contributed by atoms with Crippen LogP contribution in [0.3, 0.4) is 0 Å². The average molecular weight is 380 g/mol. The molecule has 3 aliphatic rings. The van der Waals surface area contributed by atoms with E-state index < -0.39 is 0 Å². The maximum absolute atomic E-state index is 6.20. The molecule has 2 fully saturated rings. The second-order valence-electron chi connectivity index (χ2n) is 7.49. The van der Waals surface area contributed by atoms with Crippen molar-refractivity contribution in [3.8, 4) is 0 Å². The molecule has 1 aliphatic carbocycles. The molecule has 1 aromatic heterocycles. The van der Waals surface area contributed by atoms with E-state index in [0.717, 1.165) is 54.3 Å². The largest absolute Gasteiger partial charge is 0.349 e. The molecule has 1 N–H and O–H groups in total. The van der Waals surface area contributed by atoms with Crippen molar-refractivity contribution in [3.05, 3.63) is 58.9 Å².